The third-order valence-corrected chi connectivity index (χ3v) is 3.66. The summed E-state index contributed by atoms with van der Waals surface area (Å²) in [6.07, 6.45) is 7.60. The Labute approximate surface area is 107 Å². The average Bonchev–Trinajstić information content (AvgIpc) is 3.04. The first kappa shape index (κ1) is 11.5. The van der Waals surface area contributed by atoms with Crippen molar-refractivity contribution in [1.29, 1.82) is 0 Å². The molecule has 1 aliphatic rings. The third-order valence-electron chi connectivity index (χ3n) is 3.66. The molecule has 3 N–H and O–H groups in total. The molecule has 0 atom stereocenters. The number of hydrogen-bond donors (Lipinski definition) is 2. The van der Waals surface area contributed by atoms with Crippen LogP contribution in [-0.4, -0.2) is 16.5 Å². The molecule has 1 aliphatic carbocycles. The van der Waals surface area contributed by atoms with Gasteiger partial charge in [0.25, 0.3) is 0 Å². The summed E-state index contributed by atoms with van der Waals surface area (Å²) in [5.74, 6) is 1.04. The van der Waals surface area contributed by atoms with Gasteiger partial charge in [0.15, 0.2) is 0 Å². The number of nitrogens with one attached hydrogen (secondary N) is 1. The summed E-state index contributed by atoms with van der Waals surface area (Å²) in [6.45, 7) is 0.717. The van der Waals surface area contributed by atoms with Crippen molar-refractivity contribution in [1.82, 2.24) is 9.97 Å². The maximum atomic E-state index is 5.51. The smallest absolute Gasteiger partial charge is 0.106 e. The molecule has 0 fully saturated rings. The largest absolute Gasteiger partial charge is 0.342 e. The fourth-order valence-corrected chi connectivity index (χ4v) is 2.65. The maximum absolute atomic E-state index is 5.51. The molecule has 0 saturated carbocycles. The van der Waals surface area contributed by atoms with Crippen molar-refractivity contribution in [2.75, 3.05) is 6.54 Å². The Balaban J connectivity index is 1.83. The van der Waals surface area contributed by atoms with Gasteiger partial charge >= 0.3 is 0 Å². The van der Waals surface area contributed by atoms with Crippen LogP contribution in [-0.2, 0) is 19.3 Å². The van der Waals surface area contributed by atoms with E-state index in [1.807, 2.05) is 6.20 Å². The molecule has 3 nitrogen and oxygen atoms in total. The number of aromatic nitrogens is 2. The van der Waals surface area contributed by atoms with Gasteiger partial charge in [-0.3, -0.25) is 0 Å². The highest BCUT2D eigenvalue weighted by atomic mass is 14.9. The maximum Gasteiger partial charge on any atom is 0.106 e. The quantitative estimate of drug-likeness (QED) is 0.864. The monoisotopic (exact) mass is 241 g/mol. The van der Waals surface area contributed by atoms with E-state index in [1.54, 1.807) is 0 Å². The third kappa shape index (κ3) is 2.18. The van der Waals surface area contributed by atoms with Crippen LogP contribution in [0, 0.1) is 0 Å². The lowest BCUT2D eigenvalue weighted by Crippen LogP contribution is -2.01. The van der Waals surface area contributed by atoms with Gasteiger partial charge < -0.3 is 10.7 Å². The minimum Gasteiger partial charge on any atom is -0.342 e. The van der Waals surface area contributed by atoms with Crippen LogP contribution in [0.2, 0.25) is 0 Å². The van der Waals surface area contributed by atoms with Gasteiger partial charge in [0.05, 0.1) is 11.9 Å². The highest BCUT2D eigenvalue weighted by Gasteiger charge is 2.12. The summed E-state index contributed by atoms with van der Waals surface area (Å²) in [6, 6.07) is 6.77. The number of fused-ring (bicyclic) bond motifs is 1. The van der Waals surface area contributed by atoms with Crippen molar-refractivity contribution in [3.05, 3.63) is 41.3 Å². The van der Waals surface area contributed by atoms with Crippen LogP contribution in [0.5, 0.6) is 0 Å². The second-order valence-electron chi connectivity index (χ2n) is 4.97. The van der Waals surface area contributed by atoms with Crippen molar-refractivity contribution >= 4 is 0 Å². The summed E-state index contributed by atoms with van der Waals surface area (Å²) in [5, 5.41) is 0. The Morgan fingerprint density at radius 3 is 3.00 bits per heavy atom. The lowest BCUT2D eigenvalue weighted by Gasteiger charge is -2.02. The molecule has 1 aromatic heterocycles. The van der Waals surface area contributed by atoms with Crippen LogP contribution < -0.4 is 5.73 Å². The van der Waals surface area contributed by atoms with E-state index in [9.17, 15) is 0 Å². The lowest BCUT2D eigenvalue weighted by molar-refractivity contribution is 0.794. The second kappa shape index (κ2) is 4.94. The van der Waals surface area contributed by atoms with Crippen LogP contribution in [0.4, 0.5) is 0 Å². The fourth-order valence-electron chi connectivity index (χ4n) is 2.65. The number of benzene rings is 1. The predicted octanol–water partition coefficient (Wildman–Crippen LogP) is 2.46. The normalized spacial score (nSPS) is 13.8. The van der Waals surface area contributed by atoms with Crippen LogP contribution in [0.3, 0.4) is 0 Å². The van der Waals surface area contributed by atoms with E-state index in [-0.39, 0.29) is 0 Å². The van der Waals surface area contributed by atoms with Crippen LogP contribution in [0.15, 0.2) is 24.4 Å². The molecule has 18 heavy (non-hydrogen) atoms. The van der Waals surface area contributed by atoms with Crippen molar-refractivity contribution in [3.8, 4) is 11.3 Å². The van der Waals surface area contributed by atoms with E-state index in [4.69, 9.17) is 5.73 Å². The molecule has 0 unspecified atom stereocenters. The number of rotatable bonds is 4. The number of aryl methyl sites for hydroxylation is 3. The first-order chi connectivity index (χ1) is 8.86. The Kier molecular flexibility index (Phi) is 3.15. The Morgan fingerprint density at radius 2 is 2.11 bits per heavy atom. The Bertz CT molecular complexity index is 542. The summed E-state index contributed by atoms with van der Waals surface area (Å²) in [4.78, 5) is 7.80. The van der Waals surface area contributed by atoms with Crippen molar-refractivity contribution < 1.29 is 0 Å². The molecule has 0 bridgehead atoms. The van der Waals surface area contributed by atoms with E-state index >= 15 is 0 Å². The standard InChI is InChI=1S/C15H19N3/c16-8-2-5-15-17-10-14(18-15)13-7-6-11-3-1-4-12(11)9-13/h6-7,9-10H,1-5,8,16H2,(H,17,18). The predicted molar refractivity (Wildman–Crippen MR) is 73.4 cm³/mol. The van der Waals surface area contributed by atoms with E-state index in [1.165, 1.54) is 36.0 Å². The average molecular weight is 241 g/mol. The number of imidazole rings is 1. The number of nitrogens with two attached hydrogens (primary N) is 1. The van der Waals surface area contributed by atoms with Crippen LogP contribution in [0.1, 0.15) is 29.8 Å². The van der Waals surface area contributed by atoms with Gasteiger partial charge in [-0.15, -0.1) is 0 Å². The molecule has 0 amide bonds. The first-order valence-corrected chi connectivity index (χ1v) is 6.73. The molecular weight excluding hydrogens is 222 g/mol. The van der Waals surface area contributed by atoms with Gasteiger partial charge in [-0.2, -0.15) is 0 Å². The molecule has 2 aromatic rings. The SMILES string of the molecule is NCCCc1ncc(-c2ccc3c(c2)CCC3)[nH]1. The Hall–Kier alpha value is -1.61. The highest BCUT2D eigenvalue weighted by Crippen LogP contribution is 2.27. The minimum atomic E-state index is 0.717. The highest BCUT2D eigenvalue weighted by molar-refractivity contribution is 5.61. The summed E-state index contributed by atoms with van der Waals surface area (Å²) in [7, 11) is 0. The van der Waals surface area contributed by atoms with Crippen LogP contribution in [0.25, 0.3) is 11.3 Å². The molecular formula is C15H19N3. The number of hydrogen-bond acceptors (Lipinski definition) is 2. The molecule has 94 valence electrons. The first-order valence-electron chi connectivity index (χ1n) is 6.73. The Morgan fingerprint density at radius 1 is 1.22 bits per heavy atom. The summed E-state index contributed by atoms with van der Waals surface area (Å²) >= 11 is 0. The fraction of sp³-hybridized carbons (Fsp3) is 0.400. The van der Waals surface area contributed by atoms with E-state index in [0.717, 1.165) is 30.9 Å². The van der Waals surface area contributed by atoms with Crippen molar-refractivity contribution in [2.24, 2.45) is 5.73 Å². The molecule has 3 heteroatoms. The topological polar surface area (TPSA) is 54.7 Å². The van der Waals surface area contributed by atoms with Crippen LogP contribution >= 0.6 is 0 Å². The molecule has 0 aliphatic heterocycles. The molecule has 1 heterocycles. The lowest BCUT2D eigenvalue weighted by atomic mass is 10.0. The van der Waals surface area contributed by atoms with Gasteiger partial charge in [0.2, 0.25) is 0 Å². The van der Waals surface area contributed by atoms with Gasteiger partial charge in [0.1, 0.15) is 5.82 Å². The number of H-pyrrole nitrogens is 1. The molecule has 0 radical (unpaired) electrons. The zero-order valence-electron chi connectivity index (χ0n) is 10.6. The van der Waals surface area contributed by atoms with Gasteiger partial charge in [-0.1, -0.05) is 12.1 Å². The zero-order valence-corrected chi connectivity index (χ0v) is 10.6. The molecule has 3 rings (SSSR count). The number of nitrogens with zero attached hydrogens (tertiary/aromatic N) is 1. The van der Waals surface area contributed by atoms with Gasteiger partial charge in [0, 0.05) is 6.42 Å². The molecule has 0 saturated heterocycles. The summed E-state index contributed by atoms with van der Waals surface area (Å²) < 4.78 is 0. The van der Waals surface area contributed by atoms with Gasteiger partial charge in [-0.25, -0.2) is 4.98 Å². The van der Waals surface area contributed by atoms with Crippen molar-refractivity contribution in [3.63, 3.8) is 0 Å². The van der Waals surface area contributed by atoms with E-state index in [0.29, 0.717) is 0 Å². The van der Waals surface area contributed by atoms with E-state index in [2.05, 4.69) is 28.2 Å². The van der Waals surface area contributed by atoms with E-state index < -0.39 is 0 Å². The summed E-state index contributed by atoms with van der Waals surface area (Å²) in [5.41, 5.74) is 10.9. The molecule has 1 aromatic carbocycles. The number of aromatic amines is 1. The van der Waals surface area contributed by atoms with Crippen molar-refractivity contribution in [2.45, 2.75) is 32.1 Å². The zero-order chi connectivity index (χ0) is 12.4. The van der Waals surface area contributed by atoms with Gasteiger partial charge in [-0.05, 0) is 55.0 Å². The minimum absolute atomic E-state index is 0.717. The second-order valence-corrected chi connectivity index (χ2v) is 4.97. The molecule has 0 spiro atoms.